The van der Waals surface area contributed by atoms with E-state index in [9.17, 15) is 20.1 Å². The molecule has 3 unspecified atom stereocenters. The Morgan fingerprint density at radius 3 is 0.906 bits per heavy atom. The molecule has 0 saturated heterocycles. The molecular formula is C59H115NO4. The summed E-state index contributed by atoms with van der Waals surface area (Å²) in [5.74, 6) is -0.149. The first-order valence-corrected chi connectivity index (χ1v) is 29.1. The Morgan fingerprint density at radius 1 is 0.375 bits per heavy atom. The first kappa shape index (κ1) is 62.8. The molecule has 0 fully saturated rings. The highest BCUT2D eigenvalue weighted by Crippen LogP contribution is 2.17. The van der Waals surface area contributed by atoms with Gasteiger partial charge in [-0.1, -0.05) is 276 Å². The minimum atomic E-state index is -1.16. The number of aliphatic hydroxyl groups excluding tert-OH is 3. The van der Waals surface area contributed by atoms with E-state index in [1.807, 2.05) is 0 Å². The second kappa shape index (κ2) is 54.4. The number of hydrogen-bond acceptors (Lipinski definition) is 4. The molecule has 0 radical (unpaired) electrons. The molecule has 64 heavy (non-hydrogen) atoms. The van der Waals surface area contributed by atoms with Gasteiger partial charge < -0.3 is 20.6 Å². The molecule has 0 aromatic rings. The van der Waals surface area contributed by atoms with Crippen molar-refractivity contribution in [1.29, 1.82) is 0 Å². The lowest BCUT2D eigenvalue weighted by Crippen LogP contribution is -2.50. The first-order valence-electron chi connectivity index (χ1n) is 29.1. The molecule has 3 atom stereocenters. The topological polar surface area (TPSA) is 89.8 Å². The van der Waals surface area contributed by atoms with Crippen LogP contribution < -0.4 is 5.32 Å². The largest absolute Gasteiger partial charge is 0.394 e. The number of aliphatic hydroxyl groups is 3. The van der Waals surface area contributed by atoms with E-state index in [4.69, 9.17) is 0 Å². The van der Waals surface area contributed by atoms with Crippen LogP contribution in [0.3, 0.4) is 0 Å². The Kier molecular flexibility index (Phi) is 53.4. The number of rotatable bonds is 54. The molecule has 380 valence electrons. The average Bonchev–Trinajstić information content (AvgIpc) is 3.30. The van der Waals surface area contributed by atoms with Gasteiger partial charge >= 0.3 is 0 Å². The normalized spacial score (nSPS) is 13.4. The van der Waals surface area contributed by atoms with Crippen LogP contribution in [0.4, 0.5) is 0 Å². The zero-order chi connectivity index (χ0) is 46.5. The smallest absolute Gasteiger partial charge is 0.220 e. The van der Waals surface area contributed by atoms with E-state index in [1.54, 1.807) is 0 Å². The maximum Gasteiger partial charge on any atom is 0.220 e. The van der Waals surface area contributed by atoms with E-state index in [0.717, 1.165) is 38.5 Å². The van der Waals surface area contributed by atoms with Gasteiger partial charge in [0.05, 0.1) is 18.8 Å². The van der Waals surface area contributed by atoms with E-state index in [-0.39, 0.29) is 12.5 Å². The van der Waals surface area contributed by atoms with Gasteiger partial charge in [-0.3, -0.25) is 4.79 Å². The second-order valence-electron chi connectivity index (χ2n) is 20.2. The third-order valence-electron chi connectivity index (χ3n) is 13.8. The van der Waals surface area contributed by atoms with Gasteiger partial charge in [-0.2, -0.15) is 0 Å². The molecule has 0 aliphatic rings. The SMILES string of the molecule is CCCCCCCCCCCCCC/C=C\CCCCCCCCCCCCCCCCCC(=O)NC(CO)C(O)C(O)CCC/C=C/CCCCCCCCCCCCCCCC. The highest BCUT2D eigenvalue weighted by atomic mass is 16.3. The van der Waals surface area contributed by atoms with Crippen molar-refractivity contribution in [2.24, 2.45) is 0 Å². The van der Waals surface area contributed by atoms with Gasteiger partial charge in [0.15, 0.2) is 0 Å². The van der Waals surface area contributed by atoms with E-state index < -0.39 is 18.2 Å². The molecular weight excluding hydrogens is 787 g/mol. The van der Waals surface area contributed by atoms with Gasteiger partial charge in [0.1, 0.15) is 6.10 Å². The van der Waals surface area contributed by atoms with Crippen molar-refractivity contribution in [3.8, 4) is 0 Å². The monoisotopic (exact) mass is 902 g/mol. The standard InChI is InChI=1S/C59H115NO4/c1-3-5-7-9-11-13-15-17-19-21-23-24-25-26-27-28-29-30-31-32-33-34-36-38-40-42-44-46-48-50-52-54-58(63)60-56(55-61)59(64)57(62)53-51-49-47-45-43-41-39-37-35-22-20-18-16-14-12-10-8-6-4-2/h26-27,45,47,56-57,59,61-62,64H,3-25,28-44,46,48-55H2,1-2H3,(H,60,63)/b27-26-,47-45+. The van der Waals surface area contributed by atoms with Crippen molar-refractivity contribution in [2.45, 2.75) is 340 Å². The Balaban J connectivity index is 3.52. The fraction of sp³-hybridized carbons (Fsp3) is 0.915. The minimum absolute atomic E-state index is 0.149. The lowest BCUT2D eigenvalue weighted by molar-refractivity contribution is -0.124. The van der Waals surface area contributed by atoms with Crippen molar-refractivity contribution in [2.75, 3.05) is 6.61 Å². The van der Waals surface area contributed by atoms with E-state index in [1.165, 1.54) is 257 Å². The third kappa shape index (κ3) is 48.8. The van der Waals surface area contributed by atoms with Crippen LogP contribution >= 0.6 is 0 Å². The van der Waals surface area contributed by atoms with Gasteiger partial charge in [0, 0.05) is 6.42 Å². The minimum Gasteiger partial charge on any atom is -0.394 e. The van der Waals surface area contributed by atoms with Gasteiger partial charge in [-0.15, -0.1) is 0 Å². The van der Waals surface area contributed by atoms with Crippen LogP contribution in [-0.4, -0.2) is 46.1 Å². The van der Waals surface area contributed by atoms with Crippen molar-refractivity contribution < 1.29 is 20.1 Å². The highest BCUT2D eigenvalue weighted by Gasteiger charge is 2.26. The molecule has 1 amide bonds. The molecule has 0 bridgehead atoms. The van der Waals surface area contributed by atoms with Crippen molar-refractivity contribution in [3.63, 3.8) is 0 Å². The number of amides is 1. The molecule has 0 aromatic carbocycles. The molecule has 0 aromatic heterocycles. The second-order valence-corrected chi connectivity index (χ2v) is 20.2. The summed E-state index contributed by atoms with van der Waals surface area (Å²) in [6.45, 7) is 4.21. The van der Waals surface area contributed by atoms with Crippen LogP contribution in [0.1, 0.15) is 322 Å². The van der Waals surface area contributed by atoms with Gasteiger partial charge in [0.2, 0.25) is 5.91 Å². The molecule has 0 aliphatic heterocycles. The van der Waals surface area contributed by atoms with E-state index in [2.05, 4.69) is 43.5 Å². The zero-order valence-electron chi connectivity index (χ0n) is 43.4. The van der Waals surface area contributed by atoms with Crippen LogP contribution in [0.5, 0.6) is 0 Å². The van der Waals surface area contributed by atoms with Crippen molar-refractivity contribution in [1.82, 2.24) is 5.32 Å². The maximum absolute atomic E-state index is 12.5. The fourth-order valence-corrected chi connectivity index (χ4v) is 9.28. The van der Waals surface area contributed by atoms with Crippen molar-refractivity contribution in [3.05, 3.63) is 24.3 Å². The van der Waals surface area contributed by atoms with Gasteiger partial charge in [-0.05, 0) is 64.2 Å². The lowest BCUT2D eigenvalue weighted by atomic mass is 10.0. The van der Waals surface area contributed by atoms with Gasteiger partial charge in [-0.25, -0.2) is 0 Å². The van der Waals surface area contributed by atoms with Crippen LogP contribution in [0, 0.1) is 0 Å². The summed E-state index contributed by atoms with van der Waals surface area (Å²) in [7, 11) is 0. The summed E-state index contributed by atoms with van der Waals surface area (Å²) in [4.78, 5) is 12.5. The molecule has 5 nitrogen and oxygen atoms in total. The number of nitrogens with one attached hydrogen (secondary N) is 1. The van der Waals surface area contributed by atoms with E-state index in [0.29, 0.717) is 12.8 Å². The number of hydrogen-bond donors (Lipinski definition) is 4. The van der Waals surface area contributed by atoms with Gasteiger partial charge in [0.25, 0.3) is 0 Å². The molecule has 0 heterocycles. The number of allylic oxidation sites excluding steroid dienone is 4. The highest BCUT2D eigenvalue weighted by molar-refractivity contribution is 5.76. The summed E-state index contributed by atoms with van der Waals surface area (Å²) in [5, 5.41) is 33.7. The Hall–Kier alpha value is -1.17. The quantitative estimate of drug-likeness (QED) is 0.0362. The zero-order valence-corrected chi connectivity index (χ0v) is 43.4. The van der Waals surface area contributed by atoms with E-state index >= 15 is 0 Å². The third-order valence-corrected chi connectivity index (χ3v) is 13.8. The summed E-state index contributed by atoms with van der Waals surface area (Å²) in [6, 6.07) is -0.825. The summed E-state index contributed by atoms with van der Waals surface area (Å²) in [6.07, 6.45) is 69.2. The maximum atomic E-state index is 12.5. The first-order chi connectivity index (χ1) is 31.6. The molecule has 0 rings (SSSR count). The Labute approximate surface area is 401 Å². The number of unbranched alkanes of at least 4 members (excludes halogenated alkanes) is 42. The van der Waals surface area contributed by atoms with Crippen LogP contribution in [0.2, 0.25) is 0 Å². The predicted molar refractivity (Wildman–Crippen MR) is 282 cm³/mol. The average molecular weight is 903 g/mol. The van der Waals surface area contributed by atoms with Crippen molar-refractivity contribution >= 4 is 5.91 Å². The van der Waals surface area contributed by atoms with Crippen LogP contribution in [0.15, 0.2) is 24.3 Å². The number of carbonyl (C=O) groups excluding carboxylic acids is 1. The Bertz CT molecular complexity index is 951. The van der Waals surface area contributed by atoms with Crippen LogP contribution in [-0.2, 0) is 4.79 Å². The summed E-state index contributed by atoms with van der Waals surface area (Å²) < 4.78 is 0. The molecule has 5 heteroatoms. The predicted octanol–water partition coefficient (Wildman–Crippen LogP) is 18.1. The molecule has 0 aliphatic carbocycles. The lowest BCUT2D eigenvalue weighted by Gasteiger charge is -2.26. The van der Waals surface area contributed by atoms with Crippen LogP contribution in [0.25, 0.3) is 0 Å². The molecule has 0 spiro atoms. The summed E-state index contributed by atoms with van der Waals surface area (Å²) in [5.41, 5.74) is 0. The summed E-state index contributed by atoms with van der Waals surface area (Å²) >= 11 is 0. The Morgan fingerprint density at radius 2 is 0.625 bits per heavy atom. The number of carbonyl (C=O) groups is 1. The fourth-order valence-electron chi connectivity index (χ4n) is 9.28. The molecule has 4 N–H and O–H groups in total. The molecule has 0 saturated carbocycles.